The fourth-order valence-corrected chi connectivity index (χ4v) is 3.54. The number of carbonyl (C=O) groups is 1. The summed E-state index contributed by atoms with van der Waals surface area (Å²) in [4.78, 5) is 16.0. The van der Waals surface area contributed by atoms with E-state index in [0.29, 0.717) is 18.9 Å². The zero-order chi connectivity index (χ0) is 13.9. The van der Waals surface area contributed by atoms with Crippen LogP contribution in [0.3, 0.4) is 0 Å². The van der Waals surface area contributed by atoms with Gasteiger partial charge in [-0.25, -0.2) is 4.98 Å². The molecule has 0 saturated heterocycles. The average Bonchev–Trinajstić information content (AvgIpc) is 2.84. The molecule has 110 valence electrons. The minimum Gasteiger partial charge on any atom is -0.370 e. The minimum atomic E-state index is -0.226. The molecule has 1 amide bonds. The number of rotatable bonds is 4. The maximum atomic E-state index is 11.1. The van der Waals surface area contributed by atoms with Gasteiger partial charge in [0, 0.05) is 44.1 Å². The minimum absolute atomic E-state index is 0.226. The molecular weight excluding hydrogens is 252 g/mol. The van der Waals surface area contributed by atoms with Crippen LogP contribution >= 0.6 is 0 Å². The van der Waals surface area contributed by atoms with Gasteiger partial charge in [-0.3, -0.25) is 4.79 Å². The number of nitrogens with one attached hydrogen (secondary N) is 1. The molecule has 5 heteroatoms. The maximum absolute atomic E-state index is 11.1. The Balaban J connectivity index is 1.89. The molecule has 1 aliphatic heterocycles. The number of nitrogens with zero attached hydrogens (tertiary/aromatic N) is 2. The predicted octanol–water partition coefficient (Wildman–Crippen LogP) is 1.45. The first kappa shape index (κ1) is 13.6. The zero-order valence-electron chi connectivity index (χ0n) is 12.0. The molecule has 0 bridgehead atoms. The van der Waals surface area contributed by atoms with Gasteiger partial charge in [-0.15, -0.1) is 0 Å². The second-order valence-corrected chi connectivity index (χ2v) is 5.99. The summed E-state index contributed by atoms with van der Waals surface area (Å²) in [6.07, 6.45) is 7.84. The van der Waals surface area contributed by atoms with Crippen LogP contribution in [0.2, 0.25) is 0 Å². The molecular formula is C15H24N4O. The number of primary amides is 1. The van der Waals surface area contributed by atoms with Crippen molar-refractivity contribution in [1.82, 2.24) is 14.9 Å². The Kier molecular flexibility index (Phi) is 4.05. The molecule has 3 rings (SSSR count). The van der Waals surface area contributed by atoms with Crippen molar-refractivity contribution < 1.29 is 4.79 Å². The number of carbonyl (C=O) groups excluding carboxylic acids is 1. The molecule has 2 aliphatic rings. The molecule has 0 unspecified atom stereocenters. The Labute approximate surface area is 119 Å². The lowest BCUT2D eigenvalue weighted by molar-refractivity contribution is -0.118. The van der Waals surface area contributed by atoms with Crippen molar-refractivity contribution in [2.24, 2.45) is 5.73 Å². The van der Waals surface area contributed by atoms with Crippen LogP contribution in [0, 0.1) is 0 Å². The summed E-state index contributed by atoms with van der Waals surface area (Å²) >= 11 is 0. The number of fused-ring (bicyclic) bond motifs is 1. The van der Waals surface area contributed by atoms with E-state index in [1.165, 1.54) is 49.3 Å². The highest BCUT2D eigenvalue weighted by Gasteiger charge is 2.26. The van der Waals surface area contributed by atoms with E-state index in [2.05, 4.69) is 9.88 Å². The molecule has 1 saturated carbocycles. The number of aromatic nitrogens is 2. The topological polar surface area (TPSA) is 72.9 Å². The van der Waals surface area contributed by atoms with Gasteiger partial charge in [0.05, 0.1) is 5.69 Å². The van der Waals surface area contributed by atoms with Gasteiger partial charge in [0.15, 0.2) is 0 Å². The first-order chi connectivity index (χ1) is 9.75. The number of hydrogen-bond acceptors (Lipinski definition) is 3. The zero-order valence-corrected chi connectivity index (χ0v) is 12.0. The van der Waals surface area contributed by atoms with Crippen molar-refractivity contribution in [3.8, 4) is 0 Å². The Hall–Kier alpha value is -1.36. The van der Waals surface area contributed by atoms with Crippen LogP contribution in [0.5, 0.6) is 0 Å². The lowest BCUT2D eigenvalue weighted by Crippen LogP contribution is -2.26. The second kappa shape index (κ2) is 5.95. The summed E-state index contributed by atoms with van der Waals surface area (Å²) in [5.74, 6) is 1.55. The fourth-order valence-electron chi connectivity index (χ4n) is 3.54. The highest BCUT2D eigenvalue weighted by Crippen LogP contribution is 2.33. The molecule has 1 aromatic heterocycles. The molecule has 0 atom stereocenters. The quantitative estimate of drug-likeness (QED) is 0.874. The van der Waals surface area contributed by atoms with Gasteiger partial charge in [-0.2, -0.15) is 0 Å². The summed E-state index contributed by atoms with van der Waals surface area (Å²) in [6.45, 7) is 2.56. The van der Waals surface area contributed by atoms with Gasteiger partial charge in [0.1, 0.15) is 5.82 Å². The Bertz CT molecular complexity index is 488. The third-order valence-electron chi connectivity index (χ3n) is 4.57. The lowest BCUT2D eigenvalue weighted by atomic mass is 9.88. The van der Waals surface area contributed by atoms with E-state index in [-0.39, 0.29) is 5.91 Å². The normalized spacial score (nSPS) is 19.8. The van der Waals surface area contributed by atoms with Crippen LogP contribution in [0.25, 0.3) is 0 Å². The third-order valence-corrected chi connectivity index (χ3v) is 4.57. The van der Waals surface area contributed by atoms with Gasteiger partial charge >= 0.3 is 0 Å². The Morgan fingerprint density at radius 3 is 2.90 bits per heavy atom. The van der Waals surface area contributed by atoms with E-state index < -0.39 is 0 Å². The number of hydrogen-bond donors (Lipinski definition) is 2. The summed E-state index contributed by atoms with van der Waals surface area (Å²) in [5, 5.41) is 3.38. The van der Waals surface area contributed by atoms with Crippen molar-refractivity contribution in [1.29, 1.82) is 0 Å². The molecule has 0 radical (unpaired) electrons. The van der Waals surface area contributed by atoms with Crippen LogP contribution in [-0.2, 0) is 24.3 Å². The van der Waals surface area contributed by atoms with Gasteiger partial charge in [-0.05, 0) is 12.8 Å². The Morgan fingerprint density at radius 2 is 2.15 bits per heavy atom. The van der Waals surface area contributed by atoms with Crippen molar-refractivity contribution in [3.63, 3.8) is 0 Å². The summed E-state index contributed by atoms with van der Waals surface area (Å²) in [5.41, 5.74) is 7.83. The van der Waals surface area contributed by atoms with Crippen LogP contribution in [0.15, 0.2) is 0 Å². The second-order valence-electron chi connectivity index (χ2n) is 5.99. The van der Waals surface area contributed by atoms with Crippen LogP contribution in [-0.4, -0.2) is 22.0 Å². The van der Waals surface area contributed by atoms with Gasteiger partial charge in [0.25, 0.3) is 0 Å². The molecule has 1 aliphatic carbocycles. The van der Waals surface area contributed by atoms with Crippen molar-refractivity contribution in [2.45, 2.75) is 64.0 Å². The molecule has 1 aromatic rings. The summed E-state index contributed by atoms with van der Waals surface area (Å²) < 4.78 is 2.30. The fraction of sp³-hybridized carbons (Fsp3) is 0.733. The standard InChI is InChI=1S/C15H24N4O/c16-14(20)7-9-19-13-6-8-17-10-12(13)18-15(19)11-4-2-1-3-5-11/h11,17H,1-10H2,(H2,16,20). The summed E-state index contributed by atoms with van der Waals surface area (Å²) in [7, 11) is 0. The van der Waals surface area contributed by atoms with Crippen LogP contribution in [0.4, 0.5) is 0 Å². The monoisotopic (exact) mass is 276 g/mol. The largest absolute Gasteiger partial charge is 0.370 e. The molecule has 0 spiro atoms. The first-order valence-corrected chi connectivity index (χ1v) is 7.83. The van der Waals surface area contributed by atoms with Gasteiger partial charge in [0.2, 0.25) is 5.91 Å². The number of imidazole rings is 1. The molecule has 20 heavy (non-hydrogen) atoms. The van der Waals surface area contributed by atoms with Gasteiger partial charge < -0.3 is 15.6 Å². The third kappa shape index (κ3) is 2.73. The van der Waals surface area contributed by atoms with E-state index >= 15 is 0 Å². The van der Waals surface area contributed by atoms with Crippen molar-refractivity contribution >= 4 is 5.91 Å². The van der Waals surface area contributed by atoms with Crippen LogP contribution < -0.4 is 11.1 Å². The lowest BCUT2D eigenvalue weighted by Gasteiger charge is -2.23. The number of nitrogens with two attached hydrogens (primary N) is 1. The molecule has 2 heterocycles. The van der Waals surface area contributed by atoms with E-state index in [1.807, 2.05) is 0 Å². The predicted molar refractivity (Wildman–Crippen MR) is 77.3 cm³/mol. The highest BCUT2D eigenvalue weighted by molar-refractivity contribution is 5.73. The maximum Gasteiger partial charge on any atom is 0.219 e. The number of amides is 1. The van der Waals surface area contributed by atoms with E-state index in [4.69, 9.17) is 10.7 Å². The van der Waals surface area contributed by atoms with Crippen molar-refractivity contribution in [2.75, 3.05) is 6.54 Å². The summed E-state index contributed by atoms with van der Waals surface area (Å²) in [6, 6.07) is 0. The molecule has 3 N–H and O–H groups in total. The van der Waals surface area contributed by atoms with E-state index in [0.717, 1.165) is 19.5 Å². The molecule has 1 fully saturated rings. The SMILES string of the molecule is NC(=O)CCn1c(C2CCCCC2)nc2c1CCNC2. The van der Waals surface area contributed by atoms with Crippen LogP contribution in [0.1, 0.15) is 61.7 Å². The first-order valence-electron chi connectivity index (χ1n) is 7.83. The average molecular weight is 276 g/mol. The Morgan fingerprint density at radius 1 is 1.35 bits per heavy atom. The van der Waals surface area contributed by atoms with E-state index in [9.17, 15) is 4.79 Å². The highest BCUT2D eigenvalue weighted by atomic mass is 16.1. The smallest absolute Gasteiger partial charge is 0.219 e. The molecule has 5 nitrogen and oxygen atoms in total. The van der Waals surface area contributed by atoms with E-state index in [1.54, 1.807) is 0 Å². The molecule has 0 aromatic carbocycles. The van der Waals surface area contributed by atoms with Crippen molar-refractivity contribution in [3.05, 3.63) is 17.2 Å². The van der Waals surface area contributed by atoms with Gasteiger partial charge in [-0.1, -0.05) is 19.3 Å².